The highest BCUT2D eigenvalue weighted by Gasteiger charge is 2.22. The smallest absolute Gasteiger partial charge is 0.337 e. The molecule has 0 aromatic heterocycles. The van der Waals surface area contributed by atoms with E-state index < -0.39 is 16.2 Å². The Morgan fingerprint density at radius 3 is 2.49 bits per heavy atom. The first-order valence-electron chi connectivity index (χ1n) is 12.1. The Hall–Kier alpha value is -3.40. The maximum atomic E-state index is 11.7. The number of aryl methyl sites for hydroxylation is 1. The van der Waals surface area contributed by atoms with Crippen molar-refractivity contribution in [2.24, 2.45) is 0 Å². The van der Waals surface area contributed by atoms with Crippen molar-refractivity contribution in [1.29, 1.82) is 0 Å². The molecule has 8 nitrogen and oxygen atoms in total. The summed E-state index contributed by atoms with van der Waals surface area (Å²) in [5.74, 6) is 1.13. The SMILES string of the molecule is COC(=O)c1ccc(-c2ccc3c(c2)CC[C@H](CNC[C@@H](COc2ccccc2)OS(C)(=O)=O)O3)cc1. The van der Waals surface area contributed by atoms with Gasteiger partial charge in [-0.05, 0) is 65.9 Å². The first kappa shape index (κ1) is 26.7. The van der Waals surface area contributed by atoms with Gasteiger partial charge in [0.05, 0.1) is 18.9 Å². The molecule has 0 radical (unpaired) electrons. The van der Waals surface area contributed by atoms with Gasteiger partial charge in [-0.2, -0.15) is 8.42 Å². The van der Waals surface area contributed by atoms with Crippen molar-refractivity contribution in [3.05, 3.63) is 83.9 Å². The van der Waals surface area contributed by atoms with Crippen LogP contribution in [0.3, 0.4) is 0 Å². The number of rotatable bonds is 11. The van der Waals surface area contributed by atoms with Crippen LogP contribution in [0.5, 0.6) is 11.5 Å². The number of ether oxygens (including phenoxy) is 3. The number of esters is 1. The molecule has 0 unspecified atom stereocenters. The lowest BCUT2D eigenvalue weighted by atomic mass is 9.96. The number of fused-ring (bicyclic) bond motifs is 1. The predicted octanol–water partition coefficient (Wildman–Crippen LogP) is 3.85. The van der Waals surface area contributed by atoms with Crippen molar-refractivity contribution in [3.63, 3.8) is 0 Å². The Morgan fingerprint density at radius 2 is 1.78 bits per heavy atom. The molecule has 0 fully saturated rings. The molecule has 0 aliphatic carbocycles. The van der Waals surface area contributed by atoms with Gasteiger partial charge in [-0.3, -0.25) is 4.18 Å². The molecule has 0 saturated carbocycles. The zero-order valence-corrected chi connectivity index (χ0v) is 21.7. The summed E-state index contributed by atoms with van der Waals surface area (Å²) >= 11 is 0. The number of carbonyl (C=O) groups is 1. The van der Waals surface area contributed by atoms with E-state index >= 15 is 0 Å². The van der Waals surface area contributed by atoms with Crippen molar-refractivity contribution in [2.75, 3.05) is 33.1 Å². The van der Waals surface area contributed by atoms with E-state index in [-0.39, 0.29) is 18.7 Å². The van der Waals surface area contributed by atoms with Crippen molar-refractivity contribution in [2.45, 2.75) is 25.0 Å². The Bertz CT molecular complexity index is 1290. The average molecular weight is 526 g/mol. The Balaban J connectivity index is 1.31. The van der Waals surface area contributed by atoms with Crippen molar-refractivity contribution in [3.8, 4) is 22.6 Å². The summed E-state index contributed by atoms with van der Waals surface area (Å²) in [7, 11) is -2.27. The first-order valence-corrected chi connectivity index (χ1v) is 13.9. The molecular weight excluding hydrogens is 494 g/mol. The van der Waals surface area contributed by atoms with E-state index in [0.717, 1.165) is 41.5 Å². The van der Waals surface area contributed by atoms with E-state index in [2.05, 4.69) is 11.4 Å². The van der Waals surface area contributed by atoms with Crippen molar-refractivity contribution < 1.29 is 31.6 Å². The summed E-state index contributed by atoms with van der Waals surface area (Å²) in [5.41, 5.74) is 3.70. The van der Waals surface area contributed by atoms with E-state index in [1.54, 1.807) is 24.3 Å². The minimum absolute atomic E-state index is 0.0494. The lowest BCUT2D eigenvalue weighted by Gasteiger charge is -2.27. The van der Waals surface area contributed by atoms with Crippen molar-refractivity contribution in [1.82, 2.24) is 5.32 Å². The molecule has 0 amide bonds. The Morgan fingerprint density at radius 1 is 1.05 bits per heavy atom. The number of hydrogen-bond acceptors (Lipinski definition) is 8. The fourth-order valence-electron chi connectivity index (χ4n) is 4.16. The normalized spacial score (nSPS) is 15.8. The van der Waals surface area contributed by atoms with Gasteiger partial charge < -0.3 is 19.5 Å². The van der Waals surface area contributed by atoms with Crippen LogP contribution in [0.25, 0.3) is 11.1 Å². The summed E-state index contributed by atoms with van der Waals surface area (Å²) in [5, 5.41) is 3.27. The third-order valence-corrected chi connectivity index (χ3v) is 6.58. The molecule has 37 heavy (non-hydrogen) atoms. The molecule has 9 heteroatoms. The Labute approximate surface area is 217 Å². The summed E-state index contributed by atoms with van der Waals surface area (Å²) in [6.45, 7) is 0.945. The molecule has 0 spiro atoms. The van der Waals surface area contributed by atoms with Gasteiger partial charge in [0, 0.05) is 13.1 Å². The molecule has 0 bridgehead atoms. The van der Waals surface area contributed by atoms with Gasteiger partial charge in [-0.25, -0.2) is 4.79 Å². The highest BCUT2D eigenvalue weighted by Crippen LogP contribution is 2.32. The topological polar surface area (TPSA) is 100 Å². The highest BCUT2D eigenvalue weighted by atomic mass is 32.2. The quantitative estimate of drug-likeness (QED) is 0.298. The van der Waals surface area contributed by atoms with Gasteiger partial charge in [0.25, 0.3) is 10.1 Å². The van der Waals surface area contributed by atoms with Gasteiger partial charge in [0.15, 0.2) is 0 Å². The fraction of sp³-hybridized carbons (Fsp3) is 0.321. The standard InChI is InChI=1S/C28H31NO7S/c1-33-28(30)21-10-8-20(9-11-21)22-13-15-27-23(16-22)12-14-25(35-27)17-29-18-26(36-37(2,31)32)19-34-24-6-4-3-5-7-24/h3-11,13,15-16,25-26,29H,12,14,17-19H2,1-2H3/t25-,26+/m1/s1. The zero-order chi connectivity index (χ0) is 26.3. The molecular formula is C28H31NO7S. The van der Waals surface area contributed by atoms with Crippen molar-refractivity contribution >= 4 is 16.1 Å². The zero-order valence-electron chi connectivity index (χ0n) is 20.9. The predicted molar refractivity (Wildman–Crippen MR) is 140 cm³/mol. The monoisotopic (exact) mass is 525 g/mol. The van der Waals surface area contributed by atoms with Crippen LogP contribution in [0.15, 0.2) is 72.8 Å². The molecule has 1 N–H and O–H groups in total. The van der Waals surface area contributed by atoms with Crippen LogP contribution < -0.4 is 14.8 Å². The van der Waals surface area contributed by atoms with Crippen LogP contribution in [0.4, 0.5) is 0 Å². The van der Waals surface area contributed by atoms with Crippen LogP contribution in [-0.4, -0.2) is 59.7 Å². The molecule has 1 aliphatic heterocycles. The number of hydrogen-bond donors (Lipinski definition) is 1. The minimum Gasteiger partial charge on any atom is -0.491 e. The summed E-state index contributed by atoms with van der Waals surface area (Å²) in [4.78, 5) is 11.7. The van der Waals surface area contributed by atoms with Crippen LogP contribution in [0, 0.1) is 0 Å². The summed E-state index contributed by atoms with van der Waals surface area (Å²) in [6.07, 6.45) is 2.00. The Kier molecular flexibility index (Phi) is 8.81. The van der Waals surface area contributed by atoms with Crippen LogP contribution >= 0.6 is 0 Å². The maximum absolute atomic E-state index is 11.7. The molecule has 4 rings (SSSR count). The van der Waals surface area contributed by atoms with E-state index in [9.17, 15) is 13.2 Å². The maximum Gasteiger partial charge on any atom is 0.337 e. The van der Waals surface area contributed by atoms with Gasteiger partial charge in [0.2, 0.25) is 0 Å². The number of para-hydroxylation sites is 1. The number of nitrogens with one attached hydrogen (secondary N) is 1. The van der Waals surface area contributed by atoms with E-state index in [1.807, 2.05) is 42.5 Å². The van der Waals surface area contributed by atoms with Crippen LogP contribution in [0.2, 0.25) is 0 Å². The summed E-state index contributed by atoms with van der Waals surface area (Å²) < 4.78 is 45.2. The molecule has 0 saturated heterocycles. The van der Waals surface area contributed by atoms with E-state index in [1.165, 1.54) is 7.11 Å². The second-order valence-electron chi connectivity index (χ2n) is 8.87. The van der Waals surface area contributed by atoms with Gasteiger partial charge in [-0.15, -0.1) is 0 Å². The number of methoxy groups -OCH3 is 1. The fourth-order valence-corrected chi connectivity index (χ4v) is 4.78. The van der Waals surface area contributed by atoms with Gasteiger partial charge >= 0.3 is 5.97 Å². The second-order valence-corrected chi connectivity index (χ2v) is 10.5. The molecule has 1 aliphatic rings. The molecule has 2 atom stereocenters. The number of carbonyl (C=O) groups excluding carboxylic acids is 1. The van der Waals surface area contributed by atoms with Crippen LogP contribution in [-0.2, 0) is 25.5 Å². The highest BCUT2D eigenvalue weighted by molar-refractivity contribution is 7.86. The second kappa shape index (κ2) is 12.2. The molecule has 196 valence electrons. The molecule has 1 heterocycles. The van der Waals surface area contributed by atoms with E-state index in [0.29, 0.717) is 24.4 Å². The first-order chi connectivity index (χ1) is 17.8. The van der Waals surface area contributed by atoms with Crippen LogP contribution in [0.1, 0.15) is 22.3 Å². The summed E-state index contributed by atoms with van der Waals surface area (Å²) in [6, 6.07) is 22.6. The van der Waals surface area contributed by atoms with Gasteiger partial charge in [-0.1, -0.05) is 36.4 Å². The average Bonchev–Trinajstić information content (AvgIpc) is 2.90. The third-order valence-electron chi connectivity index (χ3n) is 5.96. The lowest BCUT2D eigenvalue weighted by molar-refractivity contribution is 0.0600. The van der Waals surface area contributed by atoms with E-state index in [4.69, 9.17) is 18.4 Å². The minimum atomic E-state index is -3.63. The lowest BCUT2D eigenvalue weighted by Crippen LogP contribution is -2.40. The van der Waals surface area contributed by atoms with Gasteiger partial charge in [0.1, 0.15) is 30.3 Å². The molecule has 3 aromatic rings. The third kappa shape index (κ3) is 7.79. The number of benzene rings is 3. The molecule has 3 aromatic carbocycles. The largest absolute Gasteiger partial charge is 0.491 e.